The Bertz CT molecular complexity index is 554. The van der Waals surface area contributed by atoms with Crippen molar-refractivity contribution in [3.63, 3.8) is 0 Å². The molecule has 0 aromatic carbocycles. The molecule has 1 amide bonds. The van der Waals surface area contributed by atoms with E-state index >= 15 is 0 Å². The standard InChI is InChI=1S/C10H11BrF3N3O2/c1-5-8(11)6(2)17(9(19)16-5)3-7(18)15-4-10(12,13)14/h3-4H2,1-2H3,(H,15,18). The fraction of sp³-hybridized carbons (Fsp3) is 0.500. The molecule has 0 unspecified atom stereocenters. The Morgan fingerprint density at radius 1 is 1.42 bits per heavy atom. The third-order valence-corrected chi connectivity index (χ3v) is 3.47. The lowest BCUT2D eigenvalue weighted by atomic mass is 10.3. The fourth-order valence-corrected chi connectivity index (χ4v) is 1.66. The lowest BCUT2D eigenvalue weighted by Crippen LogP contribution is -2.39. The quantitative estimate of drug-likeness (QED) is 0.901. The fourth-order valence-electron chi connectivity index (χ4n) is 1.36. The van der Waals surface area contributed by atoms with Crippen molar-refractivity contribution in [3.8, 4) is 0 Å². The molecule has 1 aromatic heterocycles. The number of carbonyl (C=O) groups is 1. The van der Waals surface area contributed by atoms with Gasteiger partial charge in [-0.3, -0.25) is 9.36 Å². The van der Waals surface area contributed by atoms with Gasteiger partial charge in [-0.15, -0.1) is 0 Å². The first-order valence-electron chi connectivity index (χ1n) is 5.19. The summed E-state index contributed by atoms with van der Waals surface area (Å²) in [5, 5.41) is 1.69. The third-order valence-electron chi connectivity index (χ3n) is 2.32. The molecular formula is C10H11BrF3N3O2. The van der Waals surface area contributed by atoms with Gasteiger partial charge >= 0.3 is 11.9 Å². The van der Waals surface area contributed by atoms with E-state index in [0.29, 0.717) is 15.9 Å². The Labute approximate surface area is 115 Å². The van der Waals surface area contributed by atoms with Crippen molar-refractivity contribution in [2.45, 2.75) is 26.6 Å². The van der Waals surface area contributed by atoms with E-state index in [4.69, 9.17) is 0 Å². The normalized spacial score (nSPS) is 11.5. The Balaban J connectivity index is 2.87. The van der Waals surface area contributed by atoms with Crippen molar-refractivity contribution in [1.29, 1.82) is 0 Å². The van der Waals surface area contributed by atoms with Gasteiger partial charge in [0.1, 0.15) is 13.1 Å². The summed E-state index contributed by atoms with van der Waals surface area (Å²) in [6.07, 6.45) is -4.48. The SMILES string of the molecule is Cc1nc(=O)n(CC(=O)NCC(F)(F)F)c(C)c1Br. The van der Waals surface area contributed by atoms with Gasteiger partial charge < -0.3 is 5.32 Å². The van der Waals surface area contributed by atoms with Crippen LogP contribution < -0.4 is 11.0 Å². The molecular weight excluding hydrogens is 331 g/mol. The molecule has 0 bridgehead atoms. The minimum absolute atomic E-state index is 0.430. The molecule has 1 N–H and O–H groups in total. The molecule has 0 fully saturated rings. The van der Waals surface area contributed by atoms with Crippen molar-refractivity contribution in [3.05, 3.63) is 26.3 Å². The summed E-state index contributed by atoms with van der Waals surface area (Å²) in [4.78, 5) is 26.6. The van der Waals surface area contributed by atoms with E-state index < -0.39 is 30.9 Å². The first-order valence-corrected chi connectivity index (χ1v) is 5.98. The first-order chi connectivity index (χ1) is 8.61. The van der Waals surface area contributed by atoms with Crippen LogP contribution in [0.25, 0.3) is 0 Å². The third kappa shape index (κ3) is 4.34. The molecule has 0 saturated heterocycles. The Kier molecular flexibility index (Phi) is 4.72. The Morgan fingerprint density at radius 3 is 2.53 bits per heavy atom. The maximum absolute atomic E-state index is 11.9. The van der Waals surface area contributed by atoms with E-state index in [1.54, 1.807) is 19.2 Å². The number of alkyl halides is 3. The van der Waals surface area contributed by atoms with Crippen LogP contribution in [0.2, 0.25) is 0 Å². The largest absolute Gasteiger partial charge is 0.405 e. The summed E-state index contributed by atoms with van der Waals surface area (Å²) in [5.74, 6) is -0.903. The van der Waals surface area contributed by atoms with Crippen LogP contribution in [0.3, 0.4) is 0 Å². The number of carbonyl (C=O) groups excluding carboxylic acids is 1. The van der Waals surface area contributed by atoms with E-state index in [0.717, 1.165) is 4.57 Å². The van der Waals surface area contributed by atoms with E-state index in [1.165, 1.54) is 0 Å². The van der Waals surface area contributed by atoms with Crippen molar-refractivity contribution < 1.29 is 18.0 Å². The highest BCUT2D eigenvalue weighted by molar-refractivity contribution is 9.10. The molecule has 106 valence electrons. The second-order valence-electron chi connectivity index (χ2n) is 3.86. The van der Waals surface area contributed by atoms with Gasteiger partial charge in [-0.2, -0.15) is 18.2 Å². The molecule has 1 rings (SSSR count). The summed E-state index contributed by atoms with van der Waals surface area (Å²) >= 11 is 3.19. The molecule has 0 aliphatic carbocycles. The van der Waals surface area contributed by atoms with Gasteiger partial charge in [-0.25, -0.2) is 4.79 Å². The Hall–Kier alpha value is -1.38. The summed E-state index contributed by atoms with van der Waals surface area (Å²) in [5.41, 5.74) is 0.203. The number of aryl methyl sites for hydroxylation is 1. The van der Waals surface area contributed by atoms with Crippen LogP contribution in [0.5, 0.6) is 0 Å². The lowest BCUT2D eigenvalue weighted by molar-refractivity contribution is -0.138. The Morgan fingerprint density at radius 2 is 2.00 bits per heavy atom. The highest BCUT2D eigenvalue weighted by atomic mass is 79.9. The van der Waals surface area contributed by atoms with Gasteiger partial charge in [-0.1, -0.05) is 0 Å². The zero-order chi connectivity index (χ0) is 14.8. The number of hydrogen-bond donors (Lipinski definition) is 1. The van der Waals surface area contributed by atoms with Crippen molar-refractivity contribution in [2.75, 3.05) is 6.54 Å². The van der Waals surface area contributed by atoms with Crippen molar-refractivity contribution >= 4 is 21.8 Å². The minimum Gasteiger partial charge on any atom is -0.345 e. The molecule has 0 saturated carbocycles. The van der Waals surface area contributed by atoms with E-state index in [9.17, 15) is 22.8 Å². The van der Waals surface area contributed by atoms with Gasteiger partial charge in [0, 0.05) is 5.69 Å². The van der Waals surface area contributed by atoms with Crippen LogP contribution in [0, 0.1) is 13.8 Å². The topological polar surface area (TPSA) is 64.0 Å². The van der Waals surface area contributed by atoms with Gasteiger partial charge in [0.05, 0.1) is 10.2 Å². The molecule has 1 aromatic rings. The van der Waals surface area contributed by atoms with Gasteiger partial charge in [0.15, 0.2) is 0 Å². The summed E-state index contributed by atoms with van der Waals surface area (Å²) < 4.78 is 37.3. The molecule has 0 spiro atoms. The van der Waals surface area contributed by atoms with Crippen LogP contribution in [-0.4, -0.2) is 28.2 Å². The molecule has 9 heteroatoms. The average molecular weight is 342 g/mol. The number of nitrogens with one attached hydrogen (secondary N) is 1. The predicted molar refractivity (Wildman–Crippen MR) is 64.7 cm³/mol. The molecule has 0 radical (unpaired) electrons. The van der Waals surface area contributed by atoms with E-state index in [1.807, 2.05) is 0 Å². The second kappa shape index (κ2) is 5.72. The first kappa shape index (κ1) is 15.7. The van der Waals surface area contributed by atoms with Crippen LogP contribution >= 0.6 is 15.9 Å². The smallest absolute Gasteiger partial charge is 0.345 e. The second-order valence-corrected chi connectivity index (χ2v) is 4.65. The molecule has 0 aliphatic rings. The average Bonchev–Trinajstić information content (AvgIpc) is 2.28. The number of nitrogens with zero attached hydrogens (tertiary/aromatic N) is 2. The maximum Gasteiger partial charge on any atom is 0.405 e. The molecule has 19 heavy (non-hydrogen) atoms. The lowest BCUT2D eigenvalue weighted by Gasteiger charge is -2.13. The van der Waals surface area contributed by atoms with E-state index in [-0.39, 0.29) is 0 Å². The van der Waals surface area contributed by atoms with Crippen LogP contribution in [-0.2, 0) is 11.3 Å². The predicted octanol–water partition coefficient (Wildman–Crippen LogP) is 1.30. The molecule has 0 atom stereocenters. The monoisotopic (exact) mass is 341 g/mol. The van der Waals surface area contributed by atoms with Gasteiger partial charge in [-0.05, 0) is 29.8 Å². The summed E-state index contributed by atoms with van der Waals surface area (Å²) in [6.45, 7) is 1.23. The van der Waals surface area contributed by atoms with Gasteiger partial charge in [0.2, 0.25) is 5.91 Å². The number of aromatic nitrogens is 2. The van der Waals surface area contributed by atoms with Crippen LogP contribution in [0.1, 0.15) is 11.4 Å². The summed E-state index contributed by atoms with van der Waals surface area (Å²) in [7, 11) is 0. The summed E-state index contributed by atoms with van der Waals surface area (Å²) in [6, 6.07) is 0. The number of amides is 1. The molecule has 5 nitrogen and oxygen atoms in total. The van der Waals surface area contributed by atoms with Crippen LogP contribution in [0.4, 0.5) is 13.2 Å². The highest BCUT2D eigenvalue weighted by Gasteiger charge is 2.27. The number of hydrogen-bond acceptors (Lipinski definition) is 3. The maximum atomic E-state index is 11.9. The highest BCUT2D eigenvalue weighted by Crippen LogP contribution is 2.16. The number of halogens is 4. The zero-order valence-electron chi connectivity index (χ0n) is 10.1. The number of rotatable bonds is 3. The van der Waals surface area contributed by atoms with Gasteiger partial charge in [0.25, 0.3) is 0 Å². The molecule has 0 aliphatic heterocycles. The van der Waals surface area contributed by atoms with Crippen molar-refractivity contribution in [1.82, 2.24) is 14.9 Å². The minimum atomic E-state index is -4.48. The van der Waals surface area contributed by atoms with Crippen molar-refractivity contribution in [2.24, 2.45) is 0 Å². The van der Waals surface area contributed by atoms with Crippen LogP contribution in [0.15, 0.2) is 9.27 Å². The zero-order valence-corrected chi connectivity index (χ0v) is 11.7. The molecule has 1 heterocycles. The van der Waals surface area contributed by atoms with E-state index in [2.05, 4.69) is 20.9 Å².